The summed E-state index contributed by atoms with van der Waals surface area (Å²) >= 11 is 0. The van der Waals surface area contributed by atoms with Gasteiger partial charge < -0.3 is 4.74 Å². The fraction of sp³-hybridized carbons (Fsp3) is 0.871. The van der Waals surface area contributed by atoms with Crippen LogP contribution in [0.3, 0.4) is 0 Å². The number of esters is 1. The summed E-state index contributed by atoms with van der Waals surface area (Å²) in [5.74, 6) is 1.89. The molecular weight excluding hydrogens is 420 g/mol. The van der Waals surface area contributed by atoms with Crippen molar-refractivity contribution in [2.24, 2.45) is 51.8 Å². The number of hydrogen-bond acceptors (Lipinski definition) is 3. The highest BCUT2D eigenvalue weighted by atomic mass is 16.5. The minimum Gasteiger partial charge on any atom is -0.468 e. The van der Waals surface area contributed by atoms with Gasteiger partial charge in [-0.1, -0.05) is 78.9 Å². The van der Waals surface area contributed by atoms with Gasteiger partial charge in [-0.3, -0.25) is 9.59 Å². The molecule has 0 unspecified atom stereocenters. The molecule has 0 aromatic heterocycles. The second-order valence-corrected chi connectivity index (χ2v) is 13.7. The maximum Gasteiger partial charge on any atom is 0.316 e. The molecule has 192 valence electrons. The number of ketones is 1. The third kappa shape index (κ3) is 3.74. The molecule has 3 nitrogen and oxygen atoms in total. The van der Waals surface area contributed by atoms with E-state index in [0.29, 0.717) is 17.8 Å². The smallest absolute Gasteiger partial charge is 0.316 e. The maximum atomic E-state index is 13.1. The maximum absolute atomic E-state index is 13.1. The number of allylic oxidation sites excluding steroid dienone is 2. The quantitative estimate of drug-likeness (QED) is 0.226. The Hall–Kier alpha value is -1.12. The van der Waals surface area contributed by atoms with Gasteiger partial charge in [-0.25, -0.2) is 0 Å². The minimum atomic E-state index is -0.591. The van der Waals surface area contributed by atoms with E-state index in [0.717, 1.165) is 37.0 Å². The Labute approximate surface area is 208 Å². The highest BCUT2D eigenvalue weighted by Crippen LogP contribution is 2.71. The van der Waals surface area contributed by atoms with E-state index in [9.17, 15) is 9.59 Å². The summed E-state index contributed by atoms with van der Waals surface area (Å²) in [6, 6.07) is 0. The molecule has 4 aliphatic rings. The molecule has 0 radical (unpaired) electrons. The second-order valence-electron chi connectivity index (χ2n) is 13.7. The molecule has 4 rings (SSSR count). The third-order valence-electron chi connectivity index (χ3n) is 11.8. The van der Waals surface area contributed by atoms with Crippen LogP contribution in [0.1, 0.15) is 113 Å². The van der Waals surface area contributed by atoms with Crippen LogP contribution in [0.4, 0.5) is 0 Å². The summed E-state index contributed by atoms with van der Waals surface area (Å²) < 4.78 is 5.09. The summed E-state index contributed by atoms with van der Waals surface area (Å²) in [6.07, 6.45) is 12.0. The molecule has 0 spiro atoms. The number of carbonyl (C=O) groups excluding carboxylic acids is 2. The zero-order chi connectivity index (χ0) is 25.1. The molecule has 34 heavy (non-hydrogen) atoms. The van der Waals surface area contributed by atoms with Crippen molar-refractivity contribution >= 4 is 11.8 Å². The van der Waals surface area contributed by atoms with Crippen LogP contribution in [-0.4, -0.2) is 18.9 Å². The van der Waals surface area contributed by atoms with Gasteiger partial charge in [0, 0.05) is 5.92 Å². The predicted octanol–water partition coefficient (Wildman–Crippen LogP) is 7.78. The Bertz CT molecular complexity index is 855. The highest BCUT2D eigenvalue weighted by Gasteiger charge is 2.63. The van der Waals surface area contributed by atoms with Crippen LogP contribution in [0, 0.1) is 51.8 Å². The van der Waals surface area contributed by atoms with E-state index >= 15 is 0 Å². The molecule has 3 heteroatoms. The lowest BCUT2D eigenvalue weighted by atomic mass is 9.44. The molecule has 0 amide bonds. The summed E-state index contributed by atoms with van der Waals surface area (Å²) in [5, 5.41) is 0. The molecule has 0 aromatic rings. The van der Waals surface area contributed by atoms with Gasteiger partial charge in [0.2, 0.25) is 0 Å². The third-order valence-corrected chi connectivity index (χ3v) is 11.8. The van der Waals surface area contributed by atoms with E-state index in [1.165, 1.54) is 45.6 Å². The standard InChI is InChI=1S/C31H50O3/c1-19(2)10-9-11-20(3)23-14-16-31(7)26-13-12-24-21(4)27(32)22(28(33)34-8)18-29(24,5)25(26)15-17-30(23,31)6/h19-24H,9-18H2,1-8H3/t20-,21-,22-,23-,24+,29-,30+,31-/m0/s1. The highest BCUT2D eigenvalue weighted by molar-refractivity contribution is 6.01. The molecule has 4 aliphatic carbocycles. The van der Waals surface area contributed by atoms with Gasteiger partial charge in [0.25, 0.3) is 0 Å². The molecule has 0 bridgehead atoms. The molecule has 0 N–H and O–H groups in total. The molecule has 2 fully saturated rings. The molecular formula is C31H50O3. The van der Waals surface area contributed by atoms with Crippen LogP contribution in [-0.2, 0) is 14.3 Å². The van der Waals surface area contributed by atoms with Gasteiger partial charge in [0.05, 0.1) is 7.11 Å². The van der Waals surface area contributed by atoms with Crippen molar-refractivity contribution in [1.82, 2.24) is 0 Å². The van der Waals surface area contributed by atoms with Crippen LogP contribution < -0.4 is 0 Å². The van der Waals surface area contributed by atoms with Crippen LogP contribution in [0.5, 0.6) is 0 Å². The molecule has 0 heterocycles. The first-order valence-corrected chi connectivity index (χ1v) is 14.2. The van der Waals surface area contributed by atoms with E-state index in [4.69, 9.17) is 4.74 Å². The second kappa shape index (κ2) is 9.07. The SMILES string of the molecule is COC(=O)[C@H]1C[C@]2(C)C3=C(CC[C@@H]2[C@H](C)C1=O)[C@]1(C)CC[C@@H]([C@@H](C)CCCC(C)C)[C@@]1(C)CC3. The van der Waals surface area contributed by atoms with Crippen LogP contribution in [0.25, 0.3) is 0 Å². The van der Waals surface area contributed by atoms with E-state index < -0.39 is 5.92 Å². The lowest BCUT2D eigenvalue weighted by Crippen LogP contribution is -2.54. The fourth-order valence-corrected chi connectivity index (χ4v) is 9.60. The monoisotopic (exact) mass is 470 g/mol. The van der Waals surface area contributed by atoms with E-state index in [2.05, 4.69) is 48.5 Å². The molecule has 0 aliphatic heterocycles. The van der Waals surface area contributed by atoms with Crippen molar-refractivity contribution in [3.63, 3.8) is 0 Å². The van der Waals surface area contributed by atoms with Gasteiger partial charge in [-0.15, -0.1) is 0 Å². The molecule has 2 saturated carbocycles. The number of hydrogen-bond donors (Lipinski definition) is 0. The average molecular weight is 471 g/mol. The van der Waals surface area contributed by atoms with E-state index in [-0.39, 0.29) is 28.5 Å². The van der Waals surface area contributed by atoms with Crippen molar-refractivity contribution in [2.45, 2.75) is 113 Å². The fourth-order valence-electron chi connectivity index (χ4n) is 9.60. The van der Waals surface area contributed by atoms with Crippen molar-refractivity contribution < 1.29 is 14.3 Å². The predicted molar refractivity (Wildman–Crippen MR) is 138 cm³/mol. The first-order chi connectivity index (χ1) is 15.9. The van der Waals surface area contributed by atoms with Gasteiger partial charge in [-0.05, 0) is 84.9 Å². The first kappa shape index (κ1) is 26.0. The van der Waals surface area contributed by atoms with E-state index in [1.807, 2.05) is 0 Å². The van der Waals surface area contributed by atoms with Crippen molar-refractivity contribution in [3.05, 3.63) is 11.1 Å². The zero-order valence-electron chi connectivity index (χ0n) is 23.3. The van der Waals surface area contributed by atoms with Gasteiger partial charge >= 0.3 is 5.97 Å². The Morgan fingerprint density at radius 1 is 1.03 bits per heavy atom. The zero-order valence-corrected chi connectivity index (χ0v) is 23.3. The number of fused-ring (bicyclic) bond motifs is 4. The summed E-state index contributed by atoms with van der Waals surface area (Å²) in [6.45, 7) is 16.9. The van der Waals surface area contributed by atoms with Crippen LogP contribution >= 0.6 is 0 Å². The average Bonchev–Trinajstić information content (AvgIpc) is 3.07. The molecule has 8 atom stereocenters. The van der Waals surface area contributed by atoms with Gasteiger partial charge in [0.15, 0.2) is 0 Å². The van der Waals surface area contributed by atoms with Crippen molar-refractivity contribution in [3.8, 4) is 0 Å². The molecule has 0 saturated heterocycles. The summed E-state index contributed by atoms with van der Waals surface area (Å²) in [7, 11) is 1.42. The minimum absolute atomic E-state index is 0.0505. The molecule has 0 aromatic carbocycles. The Balaban J connectivity index is 1.65. The Morgan fingerprint density at radius 2 is 1.74 bits per heavy atom. The number of ether oxygens (including phenoxy) is 1. The topological polar surface area (TPSA) is 43.4 Å². The van der Waals surface area contributed by atoms with Crippen molar-refractivity contribution in [1.29, 1.82) is 0 Å². The van der Waals surface area contributed by atoms with Gasteiger partial charge in [0.1, 0.15) is 11.7 Å². The largest absolute Gasteiger partial charge is 0.468 e. The van der Waals surface area contributed by atoms with Crippen molar-refractivity contribution in [2.75, 3.05) is 7.11 Å². The number of Topliss-reactive ketones (excluding diaryl/α,β-unsaturated/α-hetero) is 1. The van der Waals surface area contributed by atoms with Gasteiger partial charge in [-0.2, -0.15) is 0 Å². The Kier molecular flexibility index (Phi) is 6.93. The lowest BCUT2D eigenvalue weighted by Gasteiger charge is -2.59. The number of methoxy groups -OCH3 is 1. The van der Waals surface area contributed by atoms with Crippen LogP contribution in [0.15, 0.2) is 11.1 Å². The number of carbonyl (C=O) groups is 2. The normalized spacial score (nSPS) is 42.8. The summed E-state index contributed by atoms with van der Waals surface area (Å²) in [4.78, 5) is 25.7. The van der Waals surface area contributed by atoms with E-state index in [1.54, 1.807) is 11.1 Å². The first-order valence-electron chi connectivity index (χ1n) is 14.2. The summed E-state index contributed by atoms with van der Waals surface area (Å²) in [5.41, 5.74) is 3.93. The number of rotatable bonds is 6. The lowest BCUT2D eigenvalue weighted by molar-refractivity contribution is -0.157. The van der Waals surface area contributed by atoms with Crippen LogP contribution in [0.2, 0.25) is 0 Å². The Morgan fingerprint density at radius 3 is 2.38 bits per heavy atom.